The molecule has 0 amide bonds. The van der Waals surface area contributed by atoms with Crippen molar-refractivity contribution in [1.82, 2.24) is 0 Å². The van der Waals surface area contributed by atoms with Gasteiger partial charge in [0.05, 0.1) is 0 Å². The minimum atomic E-state index is -0.769. The third kappa shape index (κ3) is 5.65. The largest absolute Gasteiger partial charge is 0.440 e. The van der Waals surface area contributed by atoms with Gasteiger partial charge in [-0.25, -0.2) is 4.79 Å². The SMILES string of the molecule is C=CCC=C(CC=C)C(=O)OC(N)C=C. The van der Waals surface area contributed by atoms with Gasteiger partial charge in [-0.1, -0.05) is 24.8 Å². The lowest BCUT2D eigenvalue weighted by Gasteiger charge is -2.09. The Kier molecular flexibility index (Phi) is 6.93. The van der Waals surface area contributed by atoms with E-state index in [1.807, 2.05) is 0 Å². The molecule has 0 aliphatic carbocycles. The summed E-state index contributed by atoms with van der Waals surface area (Å²) < 4.78 is 4.88. The highest BCUT2D eigenvalue weighted by molar-refractivity contribution is 5.88. The van der Waals surface area contributed by atoms with Gasteiger partial charge in [0, 0.05) is 5.57 Å². The van der Waals surface area contributed by atoms with Crippen LogP contribution in [0, 0.1) is 0 Å². The van der Waals surface area contributed by atoms with E-state index in [0.717, 1.165) is 0 Å². The topological polar surface area (TPSA) is 52.3 Å². The number of ether oxygens (including phenoxy) is 1. The van der Waals surface area contributed by atoms with Crippen molar-refractivity contribution in [2.45, 2.75) is 19.1 Å². The fourth-order valence-electron chi connectivity index (χ4n) is 0.878. The fourth-order valence-corrected chi connectivity index (χ4v) is 0.878. The van der Waals surface area contributed by atoms with E-state index in [4.69, 9.17) is 10.5 Å². The molecular weight excluding hydrogens is 190 g/mol. The van der Waals surface area contributed by atoms with Gasteiger partial charge in [-0.15, -0.1) is 13.2 Å². The summed E-state index contributed by atoms with van der Waals surface area (Å²) in [6, 6.07) is 0. The van der Waals surface area contributed by atoms with E-state index in [2.05, 4.69) is 19.7 Å². The smallest absolute Gasteiger partial charge is 0.335 e. The Hall–Kier alpha value is -1.61. The summed E-state index contributed by atoms with van der Waals surface area (Å²) >= 11 is 0. The Morgan fingerprint density at radius 1 is 1.33 bits per heavy atom. The fraction of sp³-hybridized carbons (Fsp3) is 0.250. The maximum atomic E-state index is 11.5. The van der Waals surface area contributed by atoms with Crippen LogP contribution in [0.4, 0.5) is 0 Å². The van der Waals surface area contributed by atoms with Crippen LogP contribution in [0.1, 0.15) is 12.8 Å². The highest BCUT2D eigenvalue weighted by Gasteiger charge is 2.11. The summed E-state index contributed by atoms with van der Waals surface area (Å²) in [6.07, 6.45) is 6.73. The van der Waals surface area contributed by atoms with E-state index in [9.17, 15) is 4.79 Å². The highest BCUT2D eigenvalue weighted by Crippen LogP contribution is 2.07. The molecule has 82 valence electrons. The molecule has 0 bridgehead atoms. The normalized spacial score (nSPS) is 12.7. The maximum Gasteiger partial charge on any atom is 0.335 e. The van der Waals surface area contributed by atoms with Crippen LogP contribution in [0.3, 0.4) is 0 Å². The standard InChI is InChI=1S/C12H17NO2/c1-4-7-9-10(8-5-2)12(14)15-11(13)6-3/h4-6,9,11H,1-3,7-8,13H2. The molecule has 3 nitrogen and oxygen atoms in total. The number of carbonyl (C=O) groups excluding carboxylic acids is 1. The number of hydrogen-bond acceptors (Lipinski definition) is 3. The molecule has 0 aliphatic heterocycles. The first-order chi connectivity index (χ1) is 7.15. The van der Waals surface area contributed by atoms with E-state index in [-0.39, 0.29) is 0 Å². The molecule has 0 radical (unpaired) electrons. The quantitative estimate of drug-likeness (QED) is 0.301. The monoisotopic (exact) mass is 207 g/mol. The molecule has 15 heavy (non-hydrogen) atoms. The molecule has 0 saturated carbocycles. The Labute approximate surface area is 90.6 Å². The van der Waals surface area contributed by atoms with Crippen molar-refractivity contribution in [3.05, 3.63) is 49.6 Å². The first-order valence-electron chi connectivity index (χ1n) is 4.65. The van der Waals surface area contributed by atoms with Crippen LogP contribution in [0.5, 0.6) is 0 Å². The molecule has 0 rings (SSSR count). The summed E-state index contributed by atoms with van der Waals surface area (Å²) in [6.45, 7) is 10.6. The summed E-state index contributed by atoms with van der Waals surface area (Å²) in [5.74, 6) is -0.441. The van der Waals surface area contributed by atoms with Crippen molar-refractivity contribution < 1.29 is 9.53 Å². The molecular formula is C12H17NO2. The Balaban J connectivity index is 4.46. The second-order valence-electron chi connectivity index (χ2n) is 2.85. The van der Waals surface area contributed by atoms with E-state index < -0.39 is 12.2 Å². The lowest BCUT2D eigenvalue weighted by molar-refractivity contribution is -0.142. The molecule has 2 N–H and O–H groups in total. The summed E-state index contributed by atoms with van der Waals surface area (Å²) in [5, 5.41) is 0. The van der Waals surface area contributed by atoms with Crippen molar-refractivity contribution in [2.75, 3.05) is 0 Å². The number of hydrogen-bond donors (Lipinski definition) is 1. The molecule has 0 fully saturated rings. The number of allylic oxidation sites excluding steroid dienone is 3. The zero-order valence-electron chi connectivity index (χ0n) is 8.82. The van der Waals surface area contributed by atoms with Gasteiger partial charge in [0.1, 0.15) is 0 Å². The number of rotatable bonds is 7. The summed E-state index contributed by atoms with van der Waals surface area (Å²) in [7, 11) is 0. The Bertz CT molecular complexity index is 279. The summed E-state index contributed by atoms with van der Waals surface area (Å²) in [4.78, 5) is 11.5. The molecule has 1 atom stereocenters. The van der Waals surface area contributed by atoms with Crippen molar-refractivity contribution in [3.8, 4) is 0 Å². The molecule has 0 spiro atoms. The molecule has 1 unspecified atom stereocenters. The van der Waals surface area contributed by atoms with E-state index in [1.165, 1.54) is 6.08 Å². The Morgan fingerprint density at radius 2 is 2.00 bits per heavy atom. The molecule has 0 heterocycles. The average Bonchev–Trinajstić information content (AvgIpc) is 2.23. The van der Waals surface area contributed by atoms with Crippen LogP contribution >= 0.6 is 0 Å². The van der Waals surface area contributed by atoms with Gasteiger partial charge >= 0.3 is 5.97 Å². The molecule has 0 aromatic carbocycles. The van der Waals surface area contributed by atoms with Crippen LogP contribution in [0.25, 0.3) is 0 Å². The van der Waals surface area contributed by atoms with Crippen molar-refractivity contribution >= 4 is 5.97 Å². The molecule has 0 saturated heterocycles. The van der Waals surface area contributed by atoms with Crippen LogP contribution in [0.15, 0.2) is 49.6 Å². The lowest BCUT2D eigenvalue weighted by atomic mass is 10.1. The molecule has 0 aromatic heterocycles. The predicted octanol–water partition coefficient (Wildman–Crippen LogP) is 2.08. The maximum absolute atomic E-state index is 11.5. The number of nitrogens with two attached hydrogens (primary N) is 1. The van der Waals surface area contributed by atoms with Crippen molar-refractivity contribution in [2.24, 2.45) is 5.73 Å². The number of esters is 1. The molecule has 3 heteroatoms. The average molecular weight is 207 g/mol. The highest BCUT2D eigenvalue weighted by atomic mass is 16.6. The van der Waals surface area contributed by atoms with Crippen LogP contribution in [-0.4, -0.2) is 12.2 Å². The molecule has 0 aliphatic rings. The lowest BCUT2D eigenvalue weighted by Crippen LogP contribution is -2.25. The summed E-state index contributed by atoms with van der Waals surface area (Å²) in [5.41, 5.74) is 5.93. The van der Waals surface area contributed by atoms with Gasteiger partial charge in [0.25, 0.3) is 0 Å². The second kappa shape index (κ2) is 7.76. The third-order valence-electron chi connectivity index (χ3n) is 1.63. The zero-order chi connectivity index (χ0) is 11.7. The predicted molar refractivity (Wildman–Crippen MR) is 62.0 cm³/mol. The molecule has 0 aromatic rings. The minimum Gasteiger partial charge on any atom is -0.440 e. The van der Waals surface area contributed by atoms with Gasteiger partial charge in [-0.05, 0) is 18.9 Å². The number of carbonyl (C=O) groups is 1. The van der Waals surface area contributed by atoms with E-state index in [1.54, 1.807) is 18.2 Å². The third-order valence-corrected chi connectivity index (χ3v) is 1.63. The van der Waals surface area contributed by atoms with Gasteiger partial charge in [-0.3, -0.25) is 5.73 Å². The van der Waals surface area contributed by atoms with Gasteiger partial charge < -0.3 is 4.74 Å². The van der Waals surface area contributed by atoms with Crippen molar-refractivity contribution in [1.29, 1.82) is 0 Å². The minimum absolute atomic E-state index is 0.441. The van der Waals surface area contributed by atoms with E-state index in [0.29, 0.717) is 18.4 Å². The Morgan fingerprint density at radius 3 is 2.47 bits per heavy atom. The first kappa shape index (κ1) is 13.4. The zero-order valence-corrected chi connectivity index (χ0v) is 8.82. The van der Waals surface area contributed by atoms with Gasteiger partial charge in [0.15, 0.2) is 6.23 Å². The van der Waals surface area contributed by atoms with Crippen LogP contribution in [-0.2, 0) is 9.53 Å². The van der Waals surface area contributed by atoms with Crippen molar-refractivity contribution in [3.63, 3.8) is 0 Å². The van der Waals surface area contributed by atoms with Crippen LogP contribution < -0.4 is 5.73 Å². The van der Waals surface area contributed by atoms with Gasteiger partial charge in [-0.2, -0.15) is 0 Å². The first-order valence-corrected chi connectivity index (χ1v) is 4.65. The second-order valence-corrected chi connectivity index (χ2v) is 2.85. The van der Waals surface area contributed by atoms with E-state index >= 15 is 0 Å². The van der Waals surface area contributed by atoms with Gasteiger partial charge in [0.2, 0.25) is 0 Å². The van der Waals surface area contributed by atoms with Crippen LogP contribution in [0.2, 0.25) is 0 Å².